The standard InChI is InChI=1S/C14H6Cl2F2N2OS/c15-7-3-1-5-9(17)11(7)13-19-20(14(22)21-13)10-6-2-4-8(16)12(10)18/h1-6H. The molecule has 0 aliphatic carbocycles. The van der Waals surface area contributed by atoms with Crippen LogP contribution >= 0.6 is 35.4 Å². The average molecular weight is 359 g/mol. The summed E-state index contributed by atoms with van der Waals surface area (Å²) >= 11 is 16.7. The molecule has 2 aromatic carbocycles. The van der Waals surface area contributed by atoms with Crippen LogP contribution < -0.4 is 0 Å². The minimum atomic E-state index is -0.709. The summed E-state index contributed by atoms with van der Waals surface area (Å²) < 4.78 is 34.2. The number of rotatable bonds is 2. The second-order valence-electron chi connectivity index (χ2n) is 4.25. The number of hydrogen-bond donors (Lipinski definition) is 0. The Hall–Kier alpha value is -1.76. The van der Waals surface area contributed by atoms with E-state index in [4.69, 9.17) is 39.8 Å². The van der Waals surface area contributed by atoms with Crippen molar-refractivity contribution in [1.82, 2.24) is 9.78 Å². The van der Waals surface area contributed by atoms with Gasteiger partial charge in [-0.15, -0.1) is 5.10 Å². The van der Waals surface area contributed by atoms with Crippen LogP contribution in [0, 0.1) is 16.5 Å². The SMILES string of the molecule is Fc1cccc(Cl)c1-c1nn(-c2cccc(Cl)c2F)c(=S)o1. The van der Waals surface area contributed by atoms with Crippen molar-refractivity contribution in [2.45, 2.75) is 0 Å². The molecule has 0 saturated carbocycles. The molecule has 0 bridgehead atoms. The smallest absolute Gasteiger partial charge is 0.292 e. The molecule has 1 heterocycles. The van der Waals surface area contributed by atoms with Crippen LogP contribution in [0.4, 0.5) is 8.78 Å². The van der Waals surface area contributed by atoms with Gasteiger partial charge in [0, 0.05) is 0 Å². The predicted octanol–water partition coefficient (Wildman–Crippen LogP) is 5.45. The largest absolute Gasteiger partial charge is 0.409 e. The van der Waals surface area contributed by atoms with Crippen molar-refractivity contribution in [3.05, 3.63) is 62.9 Å². The minimum Gasteiger partial charge on any atom is -0.409 e. The van der Waals surface area contributed by atoms with Crippen LogP contribution in [-0.2, 0) is 0 Å². The first kappa shape index (κ1) is 15.1. The van der Waals surface area contributed by atoms with E-state index < -0.39 is 11.6 Å². The van der Waals surface area contributed by atoms with E-state index in [1.54, 1.807) is 0 Å². The van der Waals surface area contributed by atoms with Crippen LogP contribution in [0.25, 0.3) is 17.1 Å². The van der Waals surface area contributed by atoms with Crippen molar-refractivity contribution < 1.29 is 13.2 Å². The highest BCUT2D eigenvalue weighted by Gasteiger charge is 2.19. The van der Waals surface area contributed by atoms with Gasteiger partial charge in [0.2, 0.25) is 0 Å². The number of aromatic nitrogens is 2. The maximum absolute atomic E-state index is 14.1. The summed E-state index contributed by atoms with van der Waals surface area (Å²) in [6, 6.07) is 8.48. The van der Waals surface area contributed by atoms with Crippen molar-refractivity contribution in [3.8, 4) is 17.1 Å². The van der Waals surface area contributed by atoms with E-state index in [2.05, 4.69) is 5.10 Å². The molecule has 1 aromatic heterocycles. The molecular formula is C14H6Cl2F2N2OS. The summed E-state index contributed by atoms with van der Waals surface area (Å²) in [4.78, 5) is -0.157. The normalized spacial score (nSPS) is 10.9. The zero-order chi connectivity index (χ0) is 15.9. The van der Waals surface area contributed by atoms with E-state index in [0.717, 1.165) is 4.68 Å². The molecule has 0 atom stereocenters. The molecule has 0 spiro atoms. The predicted molar refractivity (Wildman–Crippen MR) is 82.0 cm³/mol. The van der Waals surface area contributed by atoms with Gasteiger partial charge in [-0.1, -0.05) is 35.3 Å². The lowest BCUT2D eigenvalue weighted by molar-refractivity contribution is 0.533. The summed E-state index contributed by atoms with van der Waals surface area (Å²) in [6.45, 7) is 0. The highest BCUT2D eigenvalue weighted by molar-refractivity contribution is 7.71. The lowest BCUT2D eigenvalue weighted by Gasteiger charge is -2.02. The Morgan fingerprint density at radius 3 is 2.45 bits per heavy atom. The molecule has 0 unspecified atom stereocenters. The van der Waals surface area contributed by atoms with Crippen LogP contribution in [0.3, 0.4) is 0 Å². The lowest BCUT2D eigenvalue weighted by atomic mass is 10.2. The molecule has 3 nitrogen and oxygen atoms in total. The van der Waals surface area contributed by atoms with Crippen molar-refractivity contribution in [1.29, 1.82) is 0 Å². The summed E-state index contributed by atoms with van der Waals surface area (Å²) in [5.74, 6) is -1.48. The monoisotopic (exact) mass is 358 g/mol. The molecule has 0 aliphatic heterocycles. The molecule has 0 radical (unpaired) electrons. The van der Waals surface area contributed by atoms with Crippen molar-refractivity contribution in [2.24, 2.45) is 0 Å². The van der Waals surface area contributed by atoms with Gasteiger partial charge in [0.15, 0.2) is 5.82 Å². The second kappa shape index (κ2) is 5.79. The van der Waals surface area contributed by atoms with Gasteiger partial charge in [0.05, 0.1) is 15.6 Å². The third-order valence-electron chi connectivity index (χ3n) is 2.88. The fraction of sp³-hybridized carbons (Fsp3) is 0. The van der Waals surface area contributed by atoms with Crippen LogP contribution in [-0.4, -0.2) is 9.78 Å². The third kappa shape index (κ3) is 2.54. The number of halogens is 4. The Labute approximate surface area is 138 Å². The number of nitrogens with zero attached hydrogens (tertiary/aromatic N) is 2. The topological polar surface area (TPSA) is 31.0 Å². The van der Waals surface area contributed by atoms with E-state index in [1.165, 1.54) is 36.4 Å². The molecule has 22 heavy (non-hydrogen) atoms. The fourth-order valence-corrected chi connectivity index (χ4v) is 2.52. The maximum atomic E-state index is 14.1. The first-order valence-electron chi connectivity index (χ1n) is 5.98. The van der Waals surface area contributed by atoms with Crippen LogP contribution in [0.5, 0.6) is 0 Å². The number of benzene rings is 2. The van der Waals surface area contributed by atoms with E-state index in [-0.39, 0.29) is 32.0 Å². The quantitative estimate of drug-likeness (QED) is 0.571. The number of hydrogen-bond acceptors (Lipinski definition) is 3. The summed E-state index contributed by atoms with van der Waals surface area (Å²) in [5.41, 5.74) is -0.0450. The Bertz CT molecular complexity index is 903. The molecule has 0 saturated heterocycles. The Morgan fingerprint density at radius 2 is 1.73 bits per heavy atom. The Balaban J connectivity index is 2.21. The lowest BCUT2D eigenvalue weighted by Crippen LogP contribution is -2.00. The van der Waals surface area contributed by atoms with Gasteiger partial charge < -0.3 is 4.42 Å². The average Bonchev–Trinajstić information content (AvgIpc) is 2.83. The molecule has 0 fully saturated rings. The third-order valence-corrected chi connectivity index (χ3v) is 3.75. The van der Waals surface area contributed by atoms with Gasteiger partial charge in [0.25, 0.3) is 10.7 Å². The molecule has 8 heteroatoms. The summed E-state index contributed by atoms with van der Waals surface area (Å²) in [6.07, 6.45) is 0. The van der Waals surface area contributed by atoms with E-state index in [1.807, 2.05) is 0 Å². The fourth-order valence-electron chi connectivity index (χ4n) is 1.89. The Morgan fingerprint density at radius 1 is 1.05 bits per heavy atom. The van der Waals surface area contributed by atoms with Gasteiger partial charge in [-0.25, -0.2) is 8.78 Å². The van der Waals surface area contributed by atoms with Crippen molar-refractivity contribution >= 4 is 35.4 Å². The molecule has 3 rings (SSSR count). The van der Waals surface area contributed by atoms with E-state index in [0.29, 0.717) is 0 Å². The van der Waals surface area contributed by atoms with Gasteiger partial charge in [-0.2, -0.15) is 4.68 Å². The summed E-state index contributed by atoms with van der Waals surface area (Å²) in [5, 5.41) is 4.01. The molecule has 3 aromatic rings. The molecule has 0 aliphatic rings. The molecular weight excluding hydrogens is 353 g/mol. The van der Waals surface area contributed by atoms with Gasteiger partial charge in [0.1, 0.15) is 11.5 Å². The van der Waals surface area contributed by atoms with Crippen LogP contribution in [0.15, 0.2) is 40.8 Å². The zero-order valence-electron chi connectivity index (χ0n) is 10.7. The van der Waals surface area contributed by atoms with E-state index in [9.17, 15) is 8.78 Å². The van der Waals surface area contributed by atoms with Crippen molar-refractivity contribution in [2.75, 3.05) is 0 Å². The van der Waals surface area contributed by atoms with E-state index >= 15 is 0 Å². The van der Waals surface area contributed by atoms with Crippen LogP contribution in [0.2, 0.25) is 10.0 Å². The highest BCUT2D eigenvalue weighted by Crippen LogP contribution is 2.30. The Kier molecular flexibility index (Phi) is 3.99. The van der Waals surface area contributed by atoms with Gasteiger partial charge >= 0.3 is 0 Å². The molecule has 112 valence electrons. The van der Waals surface area contributed by atoms with Crippen molar-refractivity contribution in [3.63, 3.8) is 0 Å². The first-order chi connectivity index (χ1) is 10.5. The maximum Gasteiger partial charge on any atom is 0.292 e. The van der Waals surface area contributed by atoms with Crippen LogP contribution in [0.1, 0.15) is 0 Å². The molecule has 0 N–H and O–H groups in total. The molecule has 0 amide bonds. The van der Waals surface area contributed by atoms with Gasteiger partial charge in [-0.3, -0.25) is 0 Å². The second-order valence-corrected chi connectivity index (χ2v) is 5.42. The summed E-state index contributed by atoms with van der Waals surface area (Å²) in [7, 11) is 0. The first-order valence-corrected chi connectivity index (χ1v) is 7.14. The van der Waals surface area contributed by atoms with Gasteiger partial charge in [-0.05, 0) is 36.5 Å². The zero-order valence-corrected chi connectivity index (χ0v) is 13.0. The minimum absolute atomic E-state index is 0.0000354. The highest BCUT2D eigenvalue weighted by atomic mass is 35.5.